The molecule has 0 fully saturated rings. The van der Waals surface area contributed by atoms with Gasteiger partial charge in [0.25, 0.3) is 0 Å². The Kier molecular flexibility index (Phi) is 4.28. The summed E-state index contributed by atoms with van der Waals surface area (Å²) >= 11 is 0. The summed E-state index contributed by atoms with van der Waals surface area (Å²) in [5.41, 5.74) is 4.91. The largest absolute Gasteiger partial charge is 0.388 e. The van der Waals surface area contributed by atoms with Crippen LogP contribution in [-0.4, -0.2) is 18.2 Å². The lowest BCUT2D eigenvalue weighted by Crippen LogP contribution is -2.16. The van der Waals surface area contributed by atoms with Crippen molar-refractivity contribution in [2.75, 3.05) is 0 Å². The minimum atomic E-state index is -1.33. The summed E-state index contributed by atoms with van der Waals surface area (Å²) in [5, 5.41) is 9.61. The number of nitrogens with zero attached hydrogens (tertiary/aromatic N) is 1. The van der Waals surface area contributed by atoms with Crippen molar-refractivity contribution >= 4 is 8.07 Å². The van der Waals surface area contributed by atoms with Gasteiger partial charge in [-0.05, 0) is 18.1 Å². The topological polar surface area (TPSA) is 33.1 Å². The number of aliphatic hydroxyl groups excluding tert-OH is 1. The molecule has 0 saturated carbocycles. The summed E-state index contributed by atoms with van der Waals surface area (Å²) in [5.74, 6) is 3.09. The van der Waals surface area contributed by atoms with E-state index < -0.39 is 14.2 Å². The Hall–Kier alpha value is -1.11. The summed E-state index contributed by atoms with van der Waals surface area (Å²) in [6.07, 6.45) is 2.01. The smallest absolute Gasteiger partial charge is 0.129 e. The van der Waals surface area contributed by atoms with E-state index in [4.69, 9.17) is 0 Å². The van der Waals surface area contributed by atoms with Gasteiger partial charge in [0.2, 0.25) is 0 Å². The second-order valence-corrected chi connectivity index (χ2v) is 9.65. The first-order chi connectivity index (χ1) is 7.42. The predicted octanol–water partition coefficient (Wildman–Crippen LogP) is 2.75. The van der Waals surface area contributed by atoms with Gasteiger partial charge < -0.3 is 5.11 Å². The van der Waals surface area contributed by atoms with Gasteiger partial charge in [0.1, 0.15) is 13.8 Å². The van der Waals surface area contributed by atoms with Gasteiger partial charge in [0.15, 0.2) is 0 Å². The van der Waals surface area contributed by atoms with Crippen LogP contribution >= 0.6 is 0 Å². The van der Waals surface area contributed by atoms with Crippen LogP contribution in [0.5, 0.6) is 0 Å². The Morgan fingerprint density at radius 1 is 1.38 bits per heavy atom. The Labute approximate surface area is 98.7 Å². The van der Waals surface area contributed by atoms with Crippen molar-refractivity contribution in [3.63, 3.8) is 0 Å². The molecule has 0 spiro atoms. The van der Waals surface area contributed by atoms with E-state index in [1.807, 2.05) is 19.1 Å². The van der Waals surface area contributed by atoms with Gasteiger partial charge in [-0.1, -0.05) is 38.6 Å². The lowest BCUT2D eigenvalue weighted by Gasteiger charge is -2.07. The van der Waals surface area contributed by atoms with E-state index >= 15 is 0 Å². The van der Waals surface area contributed by atoms with Gasteiger partial charge in [-0.25, -0.2) is 4.98 Å². The minimum absolute atomic E-state index is 0.411. The summed E-state index contributed by atoms with van der Waals surface area (Å²) in [4.78, 5) is 4.24. The number of hydrogen-bond donors (Lipinski definition) is 1. The lowest BCUT2D eigenvalue weighted by atomic mass is 10.1. The van der Waals surface area contributed by atoms with E-state index in [2.05, 4.69) is 36.1 Å². The maximum atomic E-state index is 9.61. The van der Waals surface area contributed by atoms with Crippen LogP contribution < -0.4 is 0 Å². The molecule has 1 unspecified atom stereocenters. The highest BCUT2D eigenvalue weighted by atomic mass is 28.3. The lowest BCUT2D eigenvalue weighted by molar-refractivity contribution is 0.173. The second kappa shape index (κ2) is 5.29. The fourth-order valence-electron chi connectivity index (χ4n) is 1.16. The predicted molar refractivity (Wildman–Crippen MR) is 69.7 cm³/mol. The number of hydrogen-bond acceptors (Lipinski definition) is 2. The number of pyridine rings is 1. The van der Waals surface area contributed by atoms with Crippen molar-refractivity contribution in [1.29, 1.82) is 0 Å². The van der Waals surface area contributed by atoms with Crippen LogP contribution in [0.3, 0.4) is 0 Å². The molecule has 0 saturated heterocycles. The molecule has 1 aromatic rings. The van der Waals surface area contributed by atoms with Crippen molar-refractivity contribution in [2.24, 2.45) is 0 Å². The molecule has 1 N–H and O–H groups in total. The molecular weight excluding hydrogens is 214 g/mol. The van der Waals surface area contributed by atoms with E-state index in [0.29, 0.717) is 6.42 Å². The maximum Gasteiger partial charge on any atom is 0.129 e. The molecule has 1 aromatic heterocycles. The quantitative estimate of drug-likeness (QED) is 0.629. The average molecular weight is 233 g/mol. The first-order valence-corrected chi connectivity index (χ1v) is 9.09. The molecule has 16 heavy (non-hydrogen) atoms. The SMILES string of the molecule is CCC(O)c1ccc(C#C[Si](C)(C)C)nc1. The van der Waals surface area contributed by atoms with Crippen molar-refractivity contribution in [3.05, 3.63) is 29.6 Å². The molecule has 2 nitrogen and oxygen atoms in total. The van der Waals surface area contributed by atoms with Crippen LogP contribution in [0.2, 0.25) is 19.6 Å². The van der Waals surface area contributed by atoms with Gasteiger partial charge >= 0.3 is 0 Å². The minimum Gasteiger partial charge on any atom is -0.388 e. The number of aromatic nitrogens is 1. The number of aliphatic hydroxyl groups is 1. The van der Waals surface area contributed by atoms with E-state index in [9.17, 15) is 5.11 Å². The molecule has 0 aliphatic heterocycles. The zero-order valence-electron chi connectivity index (χ0n) is 10.4. The third-order valence-corrected chi connectivity index (χ3v) is 3.00. The van der Waals surface area contributed by atoms with Gasteiger partial charge in [0, 0.05) is 6.20 Å². The molecule has 0 aromatic carbocycles. The van der Waals surface area contributed by atoms with Crippen LogP contribution in [0.15, 0.2) is 18.3 Å². The zero-order valence-corrected chi connectivity index (χ0v) is 11.4. The first kappa shape index (κ1) is 13.0. The molecule has 1 heterocycles. The van der Waals surface area contributed by atoms with Crippen LogP contribution in [-0.2, 0) is 0 Å². The number of rotatable bonds is 2. The summed E-state index contributed by atoms with van der Waals surface area (Å²) < 4.78 is 0. The molecule has 0 aliphatic rings. The zero-order chi connectivity index (χ0) is 12.2. The van der Waals surface area contributed by atoms with Crippen molar-refractivity contribution in [3.8, 4) is 11.5 Å². The summed E-state index contributed by atoms with van der Waals surface area (Å²) in [7, 11) is -1.33. The van der Waals surface area contributed by atoms with E-state index in [1.54, 1.807) is 6.20 Å². The van der Waals surface area contributed by atoms with Crippen LogP contribution in [0.4, 0.5) is 0 Å². The molecule has 86 valence electrons. The highest BCUT2D eigenvalue weighted by Crippen LogP contribution is 2.14. The van der Waals surface area contributed by atoms with Gasteiger partial charge in [-0.15, -0.1) is 5.54 Å². The standard InChI is InChI=1S/C13H19NOSi/c1-5-13(15)11-6-7-12(14-10-11)8-9-16(2,3)4/h6-7,10,13,15H,5H2,1-4H3. The Morgan fingerprint density at radius 3 is 2.50 bits per heavy atom. The monoisotopic (exact) mass is 233 g/mol. The van der Waals surface area contributed by atoms with Gasteiger partial charge in [0.05, 0.1) is 6.10 Å². The highest BCUT2D eigenvalue weighted by Gasteiger charge is 2.08. The van der Waals surface area contributed by atoms with Gasteiger partial charge in [-0.2, -0.15) is 0 Å². The van der Waals surface area contributed by atoms with Gasteiger partial charge in [-0.3, -0.25) is 0 Å². The molecule has 0 amide bonds. The second-order valence-electron chi connectivity index (χ2n) is 4.90. The summed E-state index contributed by atoms with van der Waals surface area (Å²) in [6.45, 7) is 8.56. The van der Waals surface area contributed by atoms with Crippen LogP contribution in [0.1, 0.15) is 30.7 Å². The fraction of sp³-hybridized carbons (Fsp3) is 0.462. The third-order valence-electron chi connectivity index (χ3n) is 2.12. The van der Waals surface area contributed by atoms with E-state index in [-0.39, 0.29) is 0 Å². The average Bonchev–Trinajstić information content (AvgIpc) is 2.25. The molecular formula is C13H19NOSi. The van der Waals surface area contributed by atoms with Crippen molar-refractivity contribution < 1.29 is 5.11 Å². The molecule has 1 rings (SSSR count). The molecule has 0 bridgehead atoms. The van der Waals surface area contributed by atoms with Crippen molar-refractivity contribution in [2.45, 2.75) is 39.1 Å². The first-order valence-electron chi connectivity index (χ1n) is 5.59. The molecule has 1 atom stereocenters. The van der Waals surface area contributed by atoms with E-state index in [0.717, 1.165) is 11.3 Å². The van der Waals surface area contributed by atoms with Crippen LogP contribution in [0.25, 0.3) is 0 Å². The molecule has 3 heteroatoms. The Bertz CT molecular complexity index is 395. The summed E-state index contributed by atoms with van der Waals surface area (Å²) in [6, 6.07) is 3.77. The highest BCUT2D eigenvalue weighted by molar-refractivity contribution is 6.83. The molecule has 0 aliphatic carbocycles. The maximum absolute atomic E-state index is 9.61. The molecule has 0 radical (unpaired) electrons. The Morgan fingerprint density at radius 2 is 2.06 bits per heavy atom. The fourth-order valence-corrected chi connectivity index (χ4v) is 1.67. The normalized spacial score (nSPS) is 12.8. The van der Waals surface area contributed by atoms with Crippen LogP contribution in [0, 0.1) is 11.5 Å². The van der Waals surface area contributed by atoms with Crippen molar-refractivity contribution in [1.82, 2.24) is 4.98 Å². The van der Waals surface area contributed by atoms with E-state index in [1.165, 1.54) is 0 Å². The Balaban J connectivity index is 2.82. The third kappa shape index (κ3) is 4.17.